The molecule has 0 atom stereocenters. The van der Waals surface area contributed by atoms with Crippen molar-refractivity contribution in [1.82, 2.24) is 15.0 Å². The monoisotopic (exact) mass is 299 g/mol. The van der Waals surface area contributed by atoms with Crippen LogP contribution in [0.15, 0.2) is 41.8 Å². The molecular weight excluding hydrogens is 282 g/mol. The maximum Gasteiger partial charge on any atom is 0.112 e. The van der Waals surface area contributed by atoms with E-state index < -0.39 is 0 Å². The maximum absolute atomic E-state index is 9.45. The minimum absolute atomic E-state index is 0.0748. The zero-order valence-electron chi connectivity index (χ0n) is 11.9. The Morgan fingerprint density at radius 1 is 1.19 bits per heavy atom. The van der Waals surface area contributed by atoms with Gasteiger partial charge in [-0.2, -0.15) is 0 Å². The van der Waals surface area contributed by atoms with E-state index in [0.29, 0.717) is 12.2 Å². The van der Waals surface area contributed by atoms with Crippen LogP contribution in [0.25, 0.3) is 0 Å². The summed E-state index contributed by atoms with van der Waals surface area (Å²) < 4.78 is 1.88. The van der Waals surface area contributed by atoms with E-state index in [-0.39, 0.29) is 6.61 Å². The third-order valence-corrected chi connectivity index (χ3v) is 4.32. The van der Waals surface area contributed by atoms with E-state index in [0.717, 1.165) is 12.1 Å². The van der Waals surface area contributed by atoms with E-state index in [2.05, 4.69) is 52.9 Å². The lowest BCUT2D eigenvalue weighted by atomic mass is 10.1. The van der Waals surface area contributed by atoms with Crippen molar-refractivity contribution in [2.75, 3.05) is 0 Å². The van der Waals surface area contributed by atoms with Crippen LogP contribution in [0.1, 0.15) is 27.4 Å². The van der Waals surface area contributed by atoms with Crippen LogP contribution in [0.5, 0.6) is 0 Å². The van der Waals surface area contributed by atoms with Crippen molar-refractivity contribution in [3.8, 4) is 0 Å². The molecule has 0 radical (unpaired) electrons. The molecule has 108 valence electrons. The van der Waals surface area contributed by atoms with Crippen molar-refractivity contribution in [1.29, 1.82) is 0 Å². The molecule has 0 aliphatic rings. The predicted molar refractivity (Wildman–Crippen MR) is 83.4 cm³/mol. The minimum atomic E-state index is -0.0748. The van der Waals surface area contributed by atoms with Crippen molar-refractivity contribution in [3.63, 3.8) is 0 Å². The lowest BCUT2D eigenvalue weighted by molar-refractivity contribution is 0.275. The number of aliphatic hydroxyl groups is 1. The first kappa shape index (κ1) is 14.0. The molecule has 0 aliphatic heterocycles. The van der Waals surface area contributed by atoms with Gasteiger partial charge in [-0.1, -0.05) is 41.1 Å². The third-order valence-electron chi connectivity index (χ3n) is 3.44. The molecule has 0 amide bonds. The van der Waals surface area contributed by atoms with E-state index in [1.165, 1.54) is 16.0 Å². The van der Waals surface area contributed by atoms with Gasteiger partial charge in [0.05, 0.1) is 18.8 Å². The molecule has 2 aromatic heterocycles. The topological polar surface area (TPSA) is 50.9 Å². The lowest BCUT2D eigenvalue weighted by Crippen LogP contribution is -2.08. The van der Waals surface area contributed by atoms with Crippen LogP contribution < -0.4 is 0 Å². The number of aromatic nitrogens is 3. The van der Waals surface area contributed by atoms with Gasteiger partial charge >= 0.3 is 0 Å². The Bertz CT molecular complexity index is 702. The van der Waals surface area contributed by atoms with Gasteiger partial charge in [-0.25, -0.2) is 4.68 Å². The van der Waals surface area contributed by atoms with Crippen LogP contribution >= 0.6 is 11.3 Å². The standard InChI is InChI=1S/C16H17N3OS/c1-12-4-6-13(7-5-12)10-19-16(15(11-20)17-18-19)9-14-3-2-8-21-14/h2-8,20H,9-11H2,1H3. The smallest absolute Gasteiger partial charge is 0.112 e. The molecule has 0 aliphatic carbocycles. The van der Waals surface area contributed by atoms with Gasteiger partial charge in [-0.05, 0) is 23.9 Å². The summed E-state index contributed by atoms with van der Waals surface area (Å²) >= 11 is 1.71. The molecule has 0 bridgehead atoms. The predicted octanol–water partition coefficient (Wildman–Crippen LogP) is 2.78. The first-order chi connectivity index (χ1) is 10.3. The second-order valence-electron chi connectivity index (χ2n) is 5.04. The summed E-state index contributed by atoms with van der Waals surface area (Å²) in [6.07, 6.45) is 0.756. The number of thiophene rings is 1. The number of hydrogen-bond donors (Lipinski definition) is 1. The van der Waals surface area contributed by atoms with E-state index in [1.54, 1.807) is 11.3 Å². The Kier molecular flexibility index (Phi) is 4.13. The second-order valence-corrected chi connectivity index (χ2v) is 6.07. The Hall–Kier alpha value is -1.98. The van der Waals surface area contributed by atoms with E-state index >= 15 is 0 Å². The molecule has 0 unspecified atom stereocenters. The Morgan fingerprint density at radius 2 is 2.00 bits per heavy atom. The summed E-state index contributed by atoms with van der Waals surface area (Å²) in [5, 5.41) is 19.8. The van der Waals surface area contributed by atoms with Gasteiger partial charge in [0.25, 0.3) is 0 Å². The first-order valence-electron chi connectivity index (χ1n) is 6.86. The zero-order chi connectivity index (χ0) is 14.7. The van der Waals surface area contributed by atoms with Crippen LogP contribution in [0.3, 0.4) is 0 Å². The van der Waals surface area contributed by atoms with Crippen LogP contribution in [0, 0.1) is 6.92 Å². The average molecular weight is 299 g/mol. The summed E-state index contributed by atoms with van der Waals surface area (Å²) in [4.78, 5) is 1.25. The number of hydrogen-bond acceptors (Lipinski definition) is 4. The maximum atomic E-state index is 9.45. The van der Waals surface area contributed by atoms with Crippen molar-refractivity contribution in [2.45, 2.75) is 26.5 Å². The molecular formula is C16H17N3OS. The van der Waals surface area contributed by atoms with Crippen LogP contribution in [0.2, 0.25) is 0 Å². The minimum Gasteiger partial charge on any atom is -0.390 e. The van der Waals surface area contributed by atoms with Gasteiger partial charge in [-0.3, -0.25) is 0 Å². The molecule has 3 rings (SSSR count). The van der Waals surface area contributed by atoms with Crippen molar-refractivity contribution in [3.05, 3.63) is 69.2 Å². The van der Waals surface area contributed by atoms with E-state index in [1.807, 2.05) is 10.7 Å². The molecule has 0 spiro atoms. The molecule has 1 N–H and O–H groups in total. The summed E-state index contributed by atoms with van der Waals surface area (Å²) in [6, 6.07) is 12.5. The molecule has 0 fully saturated rings. The summed E-state index contributed by atoms with van der Waals surface area (Å²) in [7, 11) is 0. The zero-order valence-corrected chi connectivity index (χ0v) is 12.7. The number of aryl methyl sites for hydroxylation is 1. The van der Waals surface area contributed by atoms with Crippen LogP contribution in [-0.2, 0) is 19.6 Å². The van der Waals surface area contributed by atoms with Gasteiger partial charge in [0.1, 0.15) is 5.69 Å². The Balaban J connectivity index is 1.87. The summed E-state index contributed by atoms with van der Waals surface area (Å²) in [5.41, 5.74) is 4.07. The highest BCUT2D eigenvalue weighted by molar-refractivity contribution is 7.09. The summed E-state index contributed by atoms with van der Waals surface area (Å²) in [5.74, 6) is 0. The quantitative estimate of drug-likeness (QED) is 0.788. The van der Waals surface area contributed by atoms with Crippen molar-refractivity contribution < 1.29 is 5.11 Å². The summed E-state index contributed by atoms with van der Waals surface area (Å²) in [6.45, 7) is 2.67. The normalized spacial score (nSPS) is 11.0. The number of aliphatic hydroxyl groups excluding tert-OH is 1. The number of nitrogens with zero attached hydrogens (tertiary/aromatic N) is 3. The molecule has 4 nitrogen and oxygen atoms in total. The highest BCUT2D eigenvalue weighted by Gasteiger charge is 2.13. The average Bonchev–Trinajstić information content (AvgIpc) is 3.13. The first-order valence-corrected chi connectivity index (χ1v) is 7.74. The number of benzene rings is 1. The van der Waals surface area contributed by atoms with Gasteiger partial charge < -0.3 is 5.11 Å². The fourth-order valence-electron chi connectivity index (χ4n) is 2.26. The largest absolute Gasteiger partial charge is 0.390 e. The van der Waals surface area contributed by atoms with Crippen molar-refractivity contribution in [2.24, 2.45) is 0 Å². The molecule has 1 aromatic carbocycles. The number of rotatable bonds is 5. The Labute approximate surface area is 127 Å². The third kappa shape index (κ3) is 3.20. The van der Waals surface area contributed by atoms with Gasteiger partial charge in [0, 0.05) is 11.3 Å². The highest BCUT2D eigenvalue weighted by Crippen LogP contribution is 2.18. The fourth-order valence-corrected chi connectivity index (χ4v) is 2.97. The molecule has 21 heavy (non-hydrogen) atoms. The van der Waals surface area contributed by atoms with Crippen molar-refractivity contribution >= 4 is 11.3 Å². The van der Waals surface area contributed by atoms with Gasteiger partial charge in [0.2, 0.25) is 0 Å². The SMILES string of the molecule is Cc1ccc(Cn2nnc(CO)c2Cc2cccs2)cc1. The fraction of sp³-hybridized carbons (Fsp3) is 0.250. The molecule has 0 saturated carbocycles. The molecule has 3 aromatic rings. The van der Waals surface area contributed by atoms with Crippen LogP contribution in [0.4, 0.5) is 0 Å². The molecule has 2 heterocycles. The molecule has 0 saturated heterocycles. The van der Waals surface area contributed by atoms with Gasteiger partial charge in [0.15, 0.2) is 0 Å². The highest BCUT2D eigenvalue weighted by atomic mass is 32.1. The second kappa shape index (κ2) is 6.20. The lowest BCUT2D eigenvalue weighted by Gasteiger charge is -2.07. The van der Waals surface area contributed by atoms with E-state index in [4.69, 9.17) is 0 Å². The Morgan fingerprint density at radius 3 is 2.67 bits per heavy atom. The molecule has 5 heteroatoms. The van der Waals surface area contributed by atoms with Gasteiger partial charge in [-0.15, -0.1) is 16.4 Å². The van der Waals surface area contributed by atoms with Crippen LogP contribution in [-0.4, -0.2) is 20.1 Å². The van der Waals surface area contributed by atoms with E-state index in [9.17, 15) is 5.11 Å².